The van der Waals surface area contributed by atoms with E-state index in [1.807, 2.05) is 36.6 Å². The van der Waals surface area contributed by atoms with E-state index in [1.54, 1.807) is 22.5 Å². The molecule has 0 aliphatic rings. The van der Waals surface area contributed by atoms with Gasteiger partial charge in [0, 0.05) is 28.5 Å². The highest BCUT2D eigenvalue weighted by atomic mass is 32.2. The van der Waals surface area contributed by atoms with Crippen LogP contribution >= 0.6 is 11.8 Å². The number of nitrogens with one attached hydrogen (secondary N) is 2. The van der Waals surface area contributed by atoms with Crippen LogP contribution in [0.5, 0.6) is 0 Å². The zero-order valence-electron chi connectivity index (χ0n) is 17.3. The number of carbonyl (C=O) groups is 1. The Morgan fingerprint density at radius 1 is 1.34 bits per heavy atom. The smallest absolute Gasteiger partial charge is 0.320 e. The first-order valence-electron chi connectivity index (χ1n) is 9.15. The Kier molecular flexibility index (Phi) is 7.34. The Morgan fingerprint density at radius 2 is 2.07 bits per heavy atom. The highest BCUT2D eigenvalue weighted by Crippen LogP contribution is 2.27. The van der Waals surface area contributed by atoms with Crippen molar-refractivity contribution < 1.29 is 9.90 Å². The van der Waals surface area contributed by atoms with Crippen molar-refractivity contribution in [3.05, 3.63) is 72.7 Å². The van der Waals surface area contributed by atoms with Crippen LogP contribution in [0.3, 0.4) is 0 Å². The number of aromatic nitrogens is 2. The maximum absolute atomic E-state index is 12.5. The zero-order chi connectivity index (χ0) is 21.6. The van der Waals surface area contributed by atoms with Crippen LogP contribution in [0.2, 0.25) is 0 Å². The molecule has 2 rings (SSSR count). The number of carbonyl (C=O) groups excluding carboxylic acids is 1. The average molecular weight is 413 g/mol. The molecule has 0 bridgehead atoms. The molecule has 0 unspecified atom stereocenters. The van der Waals surface area contributed by atoms with Gasteiger partial charge in [0.1, 0.15) is 11.6 Å². The van der Waals surface area contributed by atoms with Gasteiger partial charge in [0.05, 0.1) is 11.4 Å². The number of anilines is 1. The summed E-state index contributed by atoms with van der Waals surface area (Å²) in [7, 11) is 0. The number of benzene rings is 1. The predicted molar refractivity (Wildman–Crippen MR) is 121 cm³/mol. The summed E-state index contributed by atoms with van der Waals surface area (Å²) in [5.41, 5.74) is 2.02. The predicted octanol–water partition coefficient (Wildman–Crippen LogP) is 5.20. The van der Waals surface area contributed by atoms with E-state index in [2.05, 4.69) is 44.6 Å². The standard InChI is InChI=1S/C22H28N4O2S/c1-7-9-16(15(2)27)14-23-21(28)24-20-13-19(22(3,4)5)25-26(20)17-10-8-11-18(12-17)29-6/h7-13,27H,1-2,14H2,3-6H3,(H2,23,24,28)/b16-9-. The van der Waals surface area contributed by atoms with Crippen LogP contribution in [0.4, 0.5) is 10.6 Å². The van der Waals surface area contributed by atoms with Gasteiger partial charge in [-0.05, 0) is 24.5 Å². The second-order valence-corrected chi connectivity index (χ2v) is 8.34. The van der Waals surface area contributed by atoms with E-state index in [0.29, 0.717) is 11.4 Å². The molecule has 6 nitrogen and oxygen atoms in total. The van der Waals surface area contributed by atoms with Gasteiger partial charge in [-0.15, -0.1) is 11.8 Å². The van der Waals surface area contributed by atoms with Crippen LogP contribution in [0, 0.1) is 0 Å². The molecule has 1 aromatic heterocycles. The first-order valence-corrected chi connectivity index (χ1v) is 10.4. The van der Waals surface area contributed by atoms with Gasteiger partial charge in [-0.2, -0.15) is 5.10 Å². The van der Waals surface area contributed by atoms with Crippen molar-refractivity contribution in [1.29, 1.82) is 0 Å². The number of aliphatic hydroxyl groups excluding tert-OH is 1. The van der Waals surface area contributed by atoms with Crippen molar-refractivity contribution in [2.75, 3.05) is 18.1 Å². The molecule has 154 valence electrons. The summed E-state index contributed by atoms with van der Waals surface area (Å²) in [6.45, 7) is 13.4. The summed E-state index contributed by atoms with van der Waals surface area (Å²) in [4.78, 5) is 13.6. The number of hydrogen-bond donors (Lipinski definition) is 3. The number of thioether (sulfide) groups is 1. The maximum Gasteiger partial charge on any atom is 0.320 e. The van der Waals surface area contributed by atoms with Crippen LogP contribution in [0.25, 0.3) is 5.69 Å². The first kappa shape index (κ1) is 22.4. The molecular weight excluding hydrogens is 384 g/mol. The van der Waals surface area contributed by atoms with Gasteiger partial charge in [-0.3, -0.25) is 5.32 Å². The number of aliphatic hydroxyl groups is 1. The fourth-order valence-corrected chi connectivity index (χ4v) is 2.96. The molecule has 29 heavy (non-hydrogen) atoms. The quantitative estimate of drug-likeness (QED) is 0.332. The Morgan fingerprint density at radius 3 is 2.66 bits per heavy atom. The van der Waals surface area contributed by atoms with Crippen molar-refractivity contribution in [3.63, 3.8) is 0 Å². The van der Waals surface area contributed by atoms with Crippen LogP contribution < -0.4 is 10.6 Å². The van der Waals surface area contributed by atoms with Gasteiger partial charge in [-0.25, -0.2) is 9.48 Å². The molecule has 2 aromatic rings. The number of urea groups is 1. The van der Waals surface area contributed by atoms with Crippen LogP contribution in [0.1, 0.15) is 26.5 Å². The summed E-state index contributed by atoms with van der Waals surface area (Å²) in [5.74, 6) is 0.446. The summed E-state index contributed by atoms with van der Waals surface area (Å²) < 4.78 is 1.73. The number of hydrogen-bond acceptors (Lipinski definition) is 4. The van der Waals surface area contributed by atoms with Gasteiger partial charge < -0.3 is 10.4 Å². The number of amides is 2. The third-order valence-corrected chi connectivity index (χ3v) is 4.87. The van der Waals surface area contributed by atoms with Gasteiger partial charge in [0.15, 0.2) is 0 Å². The van der Waals surface area contributed by atoms with Crippen molar-refractivity contribution in [2.45, 2.75) is 31.1 Å². The summed E-state index contributed by atoms with van der Waals surface area (Å²) >= 11 is 1.64. The number of allylic oxidation sites excluding steroid dienone is 2. The minimum Gasteiger partial charge on any atom is -0.508 e. The van der Waals surface area contributed by atoms with E-state index in [1.165, 1.54) is 6.08 Å². The molecule has 7 heteroatoms. The van der Waals surface area contributed by atoms with E-state index < -0.39 is 6.03 Å². The third kappa shape index (κ3) is 6.02. The van der Waals surface area contributed by atoms with Crippen molar-refractivity contribution in [1.82, 2.24) is 15.1 Å². The molecule has 0 aliphatic carbocycles. The molecule has 0 saturated carbocycles. The summed E-state index contributed by atoms with van der Waals surface area (Å²) in [6, 6.07) is 9.41. The lowest BCUT2D eigenvalue weighted by Crippen LogP contribution is -2.31. The molecule has 2 amide bonds. The van der Waals surface area contributed by atoms with Crippen molar-refractivity contribution >= 4 is 23.6 Å². The SMILES string of the molecule is C=C/C=C(/CNC(=O)Nc1cc(C(C)(C)C)nn1-c1cccc(SC)c1)C(=C)O. The van der Waals surface area contributed by atoms with E-state index in [-0.39, 0.29) is 17.7 Å². The van der Waals surface area contributed by atoms with Gasteiger partial charge >= 0.3 is 6.03 Å². The first-order chi connectivity index (χ1) is 13.7. The molecule has 1 aromatic carbocycles. The Hall–Kier alpha value is -2.93. The molecule has 0 saturated heterocycles. The molecule has 0 radical (unpaired) electrons. The lowest BCUT2D eigenvalue weighted by Gasteiger charge is -2.14. The van der Waals surface area contributed by atoms with Crippen molar-refractivity contribution in [2.24, 2.45) is 0 Å². The monoisotopic (exact) mass is 412 g/mol. The summed E-state index contributed by atoms with van der Waals surface area (Å²) in [5, 5.41) is 19.9. The molecule has 1 heterocycles. The normalized spacial score (nSPS) is 11.8. The minimum atomic E-state index is -0.413. The average Bonchev–Trinajstić information content (AvgIpc) is 3.09. The van der Waals surface area contributed by atoms with Gasteiger partial charge in [0.2, 0.25) is 0 Å². The highest BCUT2D eigenvalue weighted by Gasteiger charge is 2.21. The lowest BCUT2D eigenvalue weighted by molar-refractivity contribution is 0.252. The second kappa shape index (κ2) is 9.52. The molecule has 3 N–H and O–H groups in total. The molecular formula is C22H28N4O2S. The molecule has 0 atom stereocenters. The molecule has 0 aliphatic heterocycles. The minimum absolute atomic E-state index is 0.112. The maximum atomic E-state index is 12.5. The second-order valence-electron chi connectivity index (χ2n) is 7.46. The van der Waals surface area contributed by atoms with E-state index in [9.17, 15) is 9.90 Å². The lowest BCUT2D eigenvalue weighted by atomic mass is 9.92. The fourth-order valence-electron chi connectivity index (χ4n) is 2.51. The van der Waals surface area contributed by atoms with Crippen molar-refractivity contribution in [3.8, 4) is 5.69 Å². The zero-order valence-corrected chi connectivity index (χ0v) is 18.1. The van der Waals surface area contributed by atoms with E-state index >= 15 is 0 Å². The fraction of sp³-hybridized carbons (Fsp3) is 0.273. The third-order valence-electron chi connectivity index (χ3n) is 4.15. The van der Waals surface area contributed by atoms with Gasteiger partial charge in [-0.1, -0.05) is 52.1 Å². The Labute approximate surface area is 176 Å². The van der Waals surface area contributed by atoms with E-state index in [4.69, 9.17) is 5.10 Å². The molecule has 0 fully saturated rings. The molecule has 0 spiro atoms. The largest absolute Gasteiger partial charge is 0.508 e. The Balaban J connectivity index is 2.30. The number of rotatable bonds is 7. The van der Waals surface area contributed by atoms with Gasteiger partial charge in [0.25, 0.3) is 0 Å². The van der Waals surface area contributed by atoms with Crippen LogP contribution in [0.15, 0.2) is 71.9 Å². The topological polar surface area (TPSA) is 79.2 Å². The highest BCUT2D eigenvalue weighted by molar-refractivity contribution is 7.98. The van der Waals surface area contributed by atoms with Crippen LogP contribution in [-0.4, -0.2) is 33.7 Å². The Bertz CT molecular complexity index is 939. The van der Waals surface area contributed by atoms with E-state index in [0.717, 1.165) is 16.3 Å². The summed E-state index contributed by atoms with van der Waals surface area (Å²) in [6.07, 6.45) is 5.14. The van der Waals surface area contributed by atoms with Crippen LogP contribution in [-0.2, 0) is 5.41 Å². The number of nitrogens with zero attached hydrogens (tertiary/aromatic N) is 2.